The lowest BCUT2D eigenvalue weighted by molar-refractivity contribution is -0.136. The van der Waals surface area contributed by atoms with Crippen LogP contribution >= 0.6 is 0 Å². The first kappa shape index (κ1) is 24.5. The Morgan fingerprint density at radius 2 is 1.69 bits per heavy atom. The van der Waals surface area contributed by atoms with Gasteiger partial charge in [0.25, 0.3) is 5.91 Å². The Labute approximate surface area is 212 Å². The van der Waals surface area contributed by atoms with Crippen LogP contribution in [0.15, 0.2) is 42.5 Å². The maximum absolute atomic E-state index is 13.0. The van der Waals surface area contributed by atoms with Crippen molar-refractivity contribution in [2.24, 2.45) is 0 Å². The monoisotopic (exact) mass is 490 g/mol. The van der Waals surface area contributed by atoms with Gasteiger partial charge in [-0.15, -0.1) is 0 Å². The van der Waals surface area contributed by atoms with E-state index in [4.69, 9.17) is 4.74 Å². The number of ether oxygens (including phenoxy) is 1. The molecule has 2 aromatic rings. The van der Waals surface area contributed by atoms with Crippen LogP contribution in [-0.4, -0.2) is 70.7 Å². The Morgan fingerprint density at radius 3 is 2.39 bits per heavy atom. The number of imide groups is 1. The van der Waals surface area contributed by atoms with Crippen LogP contribution in [0, 0.1) is 0 Å². The number of piperidine rings is 1. The molecule has 0 radical (unpaired) electrons. The van der Waals surface area contributed by atoms with Gasteiger partial charge >= 0.3 is 0 Å². The van der Waals surface area contributed by atoms with E-state index < -0.39 is 11.9 Å². The van der Waals surface area contributed by atoms with Crippen molar-refractivity contribution >= 4 is 17.7 Å². The molecular formula is C28H34N4O4. The number of hydrogen-bond donors (Lipinski definition) is 1. The first-order valence-corrected chi connectivity index (χ1v) is 12.8. The number of amides is 3. The van der Waals surface area contributed by atoms with E-state index in [1.165, 1.54) is 5.56 Å². The second-order valence-electron chi connectivity index (χ2n) is 10.2. The van der Waals surface area contributed by atoms with Crippen molar-refractivity contribution in [3.05, 3.63) is 64.7 Å². The van der Waals surface area contributed by atoms with Crippen molar-refractivity contribution < 1.29 is 19.1 Å². The predicted molar refractivity (Wildman–Crippen MR) is 135 cm³/mol. The van der Waals surface area contributed by atoms with Crippen LogP contribution in [0.4, 0.5) is 0 Å². The van der Waals surface area contributed by atoms with E-state index >= 15 is 0 Å². The lowest BCUT2D eigenvalue weighted by Gasteiger charge is -2.36. The van der Waals surface area contributed by atoms with Crippen molar-refractivity contribution in [3.63, 3.8) is 0 Å². The fraction of sp³-hybridized carbons (Fsp3) is 0.464. The van der Waals surface area contributed by atoms with Gasteiger partial charge in [0, 0.05) is 56.3 Å². The fourth-order valence-corrected chi connectivity index (χ4v) is 5.29. The summed E-state index contributed by atoms with van der Waals surface area (Å²) < 4.78 is 6.14. The topological polar surface area (TPSA) is 82.2 Å². The normalized spacial score (nSPS) is 21.1. The highest BCUT2D eigenvalue weighted by molar-refractivity contribution is 6.05. The van der Waals surface area contributed by atoms with Crippen molar-refractivity contribution in [2.45, 2.75) is 58.5 Å². The first-order chi connectivity index (χ1) is 17.4. The highest BCUT2D eigenvalue weighted by Crippen LogP contribution is 2.34. The number of fused-ring (bicyclic) bond motifs is 1. The van der Waals surface area contributed by atoms with E-state index in [9.17, 15) is 14.4 Å². The molecule has 1 N–H and O–H groups in total. The summed E-state index contributed by atoms with van der Waals surface area (Å²) in [6, 6.07) is 14.0. The van der Waals surface area contributed by atoms with E-state index in [0.29, 0.717) is 36.9 Å². The third-order valence-electron chi connectivity index (χ3n) is 7.50. The summed E-state index contributed by atoms with van der Waals surface area (Å²) in [4.78, 5) is 43.4. The van der Waals surface area contributed by atoms with Crippen LogP contribution in [0.3, 0.4) is 0 Å². The van der Waals surface area contributed by atoms with Gasteiger partial charge in [-0.2, -0.15) is 0 Å². The molecule has 1 unspecified atom stereocenters. The summed E-state index contributed by atoms with van der Waals surface area (Å²) in [7, 11) is 0. The van der Waals surface area contributed by atoms with Crippen molar-refractivity contribution in [1.82, 2.24) is 20.0 Å². The van der Waals surface area contributed by atoms with Crippen LogP contribution < -0.4 is 10.1 Å². The molecule has 3 heterocycles. The van der Waals surface area contributed by atoms with Gasteiger partial charge in [0.2, 0.25) is 11.8 Å². The van der Waals surface area contributed by atoms with Crippen LogP contribution in [0.2, 0.25) is 0 Å². The Balaban J connectivity index is 1.18. The molecule has 3 aliphatic rings. The number of rotatable bonds is 7. The summed E-state index contributed by atoms with van der Waals surface area (Å²) in [5, 5.41) is 2.34. The molecule has 0 bridgehead atoms. The molecule has 2 aromatic carbocycles. The summed E-state index contributed by atoms with van der Waals surface area (Å²) in [6.45, 7) is 10.6. The molecule has 2 saturated heterocycles. The zero-order valence-electron chi connectivity index (χ0n) is 21.0. The Bertz CT molecular complexity index is 1140. The zero-order valence-corrected chi connectivity index (χ0v) is 21.0. The SMILES string of the molecule is CC(C)N1CCN(Cc2ccc(COc3cccc4c3CN(C3CCC(=O)NC3=O)C4=O)cc2)CC1. The molecule has 0 aliphatic carbocycles. The van der Waals surface area contributed by atoms with Crippen LogP contribution in [0.1, 0.15) is 53.7 Å². The van der Waals surface area contributed by atoms with Crippen molar-refractivity contribution in [3.8, 4) is 5.75 Å². The fourth-order valence-electron chi connectivity index (χ4n) is 5.29. The average molecular weight is 491 g/mol. The standard InChI is InChI=1S/C28H34N4O4/c1-19(2)31-14-12-30(13-15-31)16-20-6-8-21(9-7-20)18-36-25-5-3-4-22-23(25)17-32(28(22)35)24-10-11-26(33)29-27(24)34/h3-9,19,24H,10-18H2,1-2H3,(H,29,33,34). The summed E-state index contributed by atoms with van der Waals surface area (Å²) >= 11 is 0. The quantitative estimate of drug-likeness (QED) is 0.601. The number of piperazine rings is 1. The molecule has 1 atom stereocenters. The highest BCUT2D eigenvalue weighted by Gasteiger charge is 2.40. The van der Waals surface area contributed by atoms with E-state index in [0.717, 1.165) is 43.9 Å². The van der Waals surface area contributed by atoms with Crippen molar-refractivity contribution in [2.75, 3.05) is 26.2 Å². The first-order valence-electron chi connectivity index (χ1n) is 12.8. The van der Waals surface area contributed by atoms with Crippen LogP contribution in [0.5, 0.6) is 5.75 Å². The van der Waals surface area contributed by atoms with Gasteiger partial charge in [-0.3, -0.25) is 29.5 Å². The van der Waals surface area contributed by atoms with Gasteiger partial charge in [0.1, 0.15) is 18.4 Å². The molecule has 8 heteroatoms. The van der Waals surface area contributed by atoms with Crippen LogP contribution in [0.25, 0.3) is 0 Å². The number of hydrogen-bond acceptors (Lipinski definition) is 6. The smallest absolute Gasteiger partial charge is 0.255 e. The molecule has 2 fully saturated rings. The van der Waals surface area contributed by atoms with Crippen molar-refractivity contribution in [1.29, 1.82) is 0 Å². The van der Waals surface area contributed by atoms with E-state index in [1.807, 2.05) is 12.1 Å². The second-order valence-corrected chi connectivity index (χ2v) is 10.2. The molecule has 3 amide bonds. The molecule has 0 saturated carbocycles. The molecule has 190 valence electrons. The molecule has 8 nitrogen and oxygen atoms in total. The molecular weight excluding hydrogens is 456 g/mol. The van der Waals surface area contributed by atoms with Gasteiger partial charge in [0.05, 0.1) is 6.54 Å². The summed E-state index contributed by atoms with van der Waals surface area (Å²) in [5.74, 6) is -0.229. The molecule has 5 rings (SSSR count). The van der Waals surface area contributed by atoms with E-state index in [1.54, 1.807) is 11.0 Å². The number of nitrogens with zero attached hydrogens (tertiary/aromatic N) is 3. The molecule has 3 aliphatic heterocycles. The minimum absolute atomic E-state index is 0.191. The van der Waals surface area contributed by atoms with Gasteiger partial charge in [0.15, 0.2) is 0 Å². The third-order valence-corrected chi connectivity index (χ3v) is 7.50. The maximum Gasteiger partial charge on any atom is 0.255 e. The number of nitrogens with one attached hydrogen (secondary N) is 1. The summed E-state index contributed by atoms with van der Waals surface area (Å²) in [5.41, 5.74) is 3.71. The number of benzene rings is 2. The Hall–Kier alpha value is -3.23. The van der Waals surface area contributed by atoms with Gasteiger partial charge in [-0.25, -0.2) is 0 Å². The minimum Gasteiger partial charge on any atom is -0.489 e. The Kier molecular flexibility index (Phi) is 7.07. The number of carbonyl (C=O) groups is 3. The molecule has 0 spiro atoms. The largest absolute Gasteiger partial charge is 0.489 e. The molecule has 36 heavy (non-hydrogen) atoms. The average Bonchev–Trinajstić information content (AvgIpc) is 3.21. The van der Waals surface area contributed by atoms with Gasteiger partial charge in [-0.1, -0.05) is 30.3 Å². The highest BCUT2D eigenvalue weighted by atomic mass is 16.5. The Morgan fingerprint density at radius 1 is 0.972 bits per heavy atom. The second kappa shape index (κ2) is 10.4. The molecule has 0 aromatic heterocycles. The van der Waals surface area contributed by atoms with Crippen LogP contribution in [-0.2, 0) is 29.3 Å². The summed E-state index contributed by atoms with van der Waals surface area (Å²) in [6.07, 6.45) is 0.588. The lowest BCUT2D eigenvalue weighted by atomic mass is 10.0. The van der Waals surface area contributed by atoms with E-state index in [-0.39, 0.29) is 18.2 Å². The zero-order chi connectivity index (χ0) is 25.2. The predicted octanol–water partition coefficient (Wildman–Crippen LogP) is 2.55. The lowest BCUT2D eigenvalue weighted by Crippen LogP contribution is -2.52. The van der Waals surface area contributed by atoms with E-state index in [2.05, 4.69) is 53.2 Å². The van der Waals surface area contributed by atoms with Gasteiger partial charge < -0.3 is 9.64 Å². The third kappa shape index (κ3) is 5.15. The maximum atomic E-state index is 13.0. The number of carbonyl (C=O) groups excluding carboxylic acids is 3. The minimum atomic E-state index is -0.628. The van der Waals surface area contributed by atoms with Gasteiger partial charge in [-0.05, 0) is 43.5 Å².